The Morgan fingerprint density at radius 3 is 2.71 bits per heavy atom. The van der Waals surface area contributed by atoms with Gasteiger partial charge in [-0.05, 0) is 31.0 Å². The van der Waals surface area contributed by atoms with Gasteiger partial charge in [0.25, 0.3) is 0 Å². The van der Waals surface area contributed by atoms with Gasteiger partial charge in [-0.2, -0.15) is 0 Å². The summed E-state index contributed by atoms with van der Waals surface area (Å²) in [7, 11) is 0. The van der Waals surface area contributed by atoms with Crippen LogP contribution in [0.1, 0.15) is 25.8 Å². The van der Waals surface area contributed by atoms with Gasteiger partial charge in [-0.15, -0.1) is 11.8 Å². The lowest BCUT2D eigenvalue weighted by molar-refractivity contribution is 0.899. The van der Waals surface area contributed by atoms with Crippen molar-refractivity contribution in [2.24, 2.45) is 5.73 Å². The summed E-state index contributed by atoms with van der Waals surface area (Å²) < 4.78 is 0. The van der Waals surface area contributed by atoms with E-state index in [-0.39, 0.29) is 0 Å². The molecule has 0 bridgehead atoms. The van der Waals surface area contributed by atoms with E-state index in [2.05, 4.69) is 38.1 Å². The van der Waals surface area contributed by atoms with Gasteiger partial charge in [0, 0.05) is 10.1 Å². The minimum absolute atomic E-state index is 0.689. The molecule has 1 nitrogen and oxygen atoms in total. The summed E-state index contributed by atoms with van der Waals surface area (Å²) in [4.78, 5) is 1.40. The Hall–Kier alpha value is -0.470. The smallest absolute Gasteiger partial charge is 0.0107 e. The summed E-state index contributed by atoms with van der Waals surface area (Å²) in [5.74, 6) is 0. The summed E-state index contributed by atoms with van der Waals surface area (Å²) >= 11 is 1.95. The lowest BCUT2D eigenvalue weighted by atomic mass is 10.1. The largest absolute Gasteiger partial charge is 0.330 e. The van der Waals surface area contributed by atoms with E-state index in [0.29, 0.717) is 5.25 Å². The maximum absolute atomic E-state index is 5.58. The monoisotopic (exact) mass is 209 g/mol. The Balaban J connectivity index is 2.73. The fourth-order valence-corrected chi connectivity index (χ4v) is 2.36. The fourth-order valence-electron chi connectivity index (χ4n) is 1.28. The van der Waals surface area contributed by atoms with Crippen molar-refractivity contribution in [2.45, 2.75) is 36.8 Å². The molecule has 0 amide bonds. The van der Waals surface area contributed by atoms with Crippen LogP contribution in [-0.2, 0) is 6.42 Å². The minimum atomic E-state index is 0.689. The third-order valence-corrected chi connectivity index (χ3v) is 3.68. The Bertz CT molecular complexity index is 273. The van der Waals surface area contributed by atoms with E-state index in [9.17, 15) is 0 Å². The second-order valence-electron chi connectivity index (χ2n) is 3.48. The third-order valence-electron chi connectivity index (χ3n) is 2.29. The lowest BCUT2D eigenvalue weighted by Crippen LogP contribution is -2.04. The van der Waals surface area contributed by atoms with E-state index in [1.807, 2.05) is 11.8 Å². The van der Waals surface area contributed by atoms with Gasteiger partial charge in [0.1, 0.15) is 0 Å². The molecule has 0 spiro atoms. The molecule has 0 aliphatic carbocycles. The van der Waals surface area contributed by atoms with Crippen LogP contribution in [0.5, 0.6) is 0 Å². The highest BCUT2D eigenvalue weighted by Crippen LogP contribution is 2.28. The van der Waals surface area contributed by atoms with Crippen molar-refractivity contribution in [3.8, 4) is 0 Å². The van der Waals surface area contributed by atoms with E-state index < -0.39 is 0 Å². The Kier molecular flexibility index (Phi) is 5.05. The van der Waals surface area contributed by atoms with E-state index in [1.54, 1.807) is 0 Å². The van der Waals surface area contributed by atoms with E-state index in [0.717, 1.165) is 13.0 Å². The van der Waals surface area contributed by atoms with Crippen molar-refractivity contribution in [3.05, 3.63) is 29.8 Å². The van der Waals surface area contributed by atoms with Crippen LogP contribution in [0, 0.1) is 0 Å². The third kappa shape index (κ3) is 3.35. The van der Waals surface area contributed by atoms with Gasteiger partial charge in [0.2, 0.25) is 0 Å². The number of hydrogen-bond acceptors (Lipinski definition) is 2. The van der Waals surface area contributed by atoms with Crippen molar-refractivity contribution in [1.29, 1.82) is 0 Å². The Morgan fingerprint density at radius 2 is 2.07 bits per heavy atom. The van der Waals surface area contributed by atoms with Crippen molar-refractivity contribution in [1.82, 2.24) is 0 Å². The van der Waals surface area contributed by atoms with Crippen molar-refractivity contribution < 1.29 is 0 Å². The standard InChI is InChI=1S/C12H19NS/c1-3-10(2)14-12-7-5-4-6-11(12)8-9-13/h4-7,10H,3,8-9,13H2,1-2H3. The molecule has 1 rings (SSSR count). The van der Waals surface area contributed by atoms with E-state index in [1.165, 1.54) is 16.9 Å². The van der Waals surface area contributed by atoms with Crippen LogP contribution in [0.4, 0.5) is 0 Å². The molecule has 0 aliphatic heterocycles. The second kappa shape index (κ2) is 6.10. The van der Waals surface area contributed by atoms with Gasteiger partial charge < -0.3 is 5.73 Å². The first-order valence-electron chi connectivity index (χ1n) is 5.22. The van der Waals surface area contributed by atoms with Gasteiger partial charge in [0.05, 0.1) is 0 Å². The zero-order valence-electron chi connectivity index (χ0n) is 8.99. The number of nitrogens with two attached hydrogens (primary N) is 1. The number of thioether (sulfide) groups is 1. The summed E-state index contributed by atoms with van der Waals surface area (Å²) in [5.41, 5.74) is 6.97. The highest BCUT2D eigenvalue weighted by molar-refractivity contribution is 8.00. The highest BCUT2D eigenvalue weighted by Gasteiger charge is 2.05. The molecule has 0 aromatic heterocycles. The molecule has 1 aromatic carbocycles. The lowest BCUT2D eigenvalue weighted by Gasteiger charge is -2.12. The fraction of sp³-hybridized carbons (Fsp3) is 0.500. The quantitative estimate of drug-likeness (QED) is 0.754. The van der Waals surface area contributed by atoms with E-state index >= 15 is 0 Å². The SMILES string of the molecule is CCC(C)Sc1ccccc1CCN. The molecule has 78 valence electrons. The molecule has 1 aromatic rings. The molecule has 0 saturated heterocycles. The van der Waals surface area contributed by atoms with Crippen molar-refractivity contribution in [3.63, 3.8) is 0 Å². The molecular weight excluding hydrogens is 190 g/mol. The molecule has 0 radical (unpaired) electrons. The summed E-state index contributed by atoms with van der Waals surface area (Å²) in [5, 5.41) is 0.689. The first kappa shape index (κ1) is 11.6. The molecule has 2 N–H and O–H groups in total. The minimum Gasteiger partial charge on any atom is -0.330 e. The van der Waals surface area contributed by atoms with Gasteiger partial charge in [-0.1, -0.05) is 32.0 Å². The van der Waals surface area contributed by atoms with Gasteiger partial charge in [0.15, 0.2) is 0 Å². The molecule has 0 saturated carbocycles. The Morgan fingerprint density at radius 1 is 1.36 bits per heavy atom. The van der Waals surface area contributed by atoms with Crippen LogP contribution in [-0.4, -0.2) is 11.8 Å². The number of benzene rings is 1. The van der Waals surface area contributed by atoms with Gasteiger partial charge in [-0.3, -0.25) is 0 Å². The average molecular weight is 209 g/mol. The highest BCUT2D eigenvalue weighted by atomic mass is 32.2. The van der Waals surface area contributed by atoms with Crippen LogP contribution >= 0.6 is 11.8 Å². The molecule has 2 heteroatoms. The Labute approximate surface area is 91.1 Å². The topological polar surface area (TPSA) is 26.0 Å². The van der Waals surface area contributed by atoms with Crippen molar-refractivity contribution >= 4 is 11.8 Å². The first-order valence-corrected chi connectivity index (χ1v) is 6.10. The number of rotatable bonds is 5. The molecule has 1 atom stereocenters. The summed E-state index contributed by atoms with van der Waals surface area (Å²) in [6.45, 7) is 5.23. The normalized spacial score (nSPS) is 12.8. The van der Waals surface area contributed by atoms with Crippen LogP contribution in [0.25, 0.3) is 0 Å². The maximum Gasteiger partial charge on any atom is 0.0107 e. The predicted octanol–water partition coefficient (Wildman–Crippen LogP) is 3.08. The van der Waals surface area contributed by atoms with Crippen LogP contribution in [0.2, 0.25) is 0 Å². The van der Waals surface area contributed by atoms with E-state index in [4.69, 9.17) is 5.73 Å². The second-order valence-corrected chi connectivity index (χ2v) is 4.96. The van der Waals surface area contributed by atoms with Crippen LogP contribution in [0.15, 0.2) is 29.2 Å². The predicted molar refractivity (Wildman–Crippen MR) is 64.8 cm³/mol. The molecule has 0 fully saturated rings. The molecular formula is C12H19NS. The zero-order chi connectivity index (χ0) is 10.4. The first-order chi connectivity index (χ1) is 6.77. The molecule has 14 heavy (non-hydrogen) atoms. The van der Waals surface area contributed by atoms with Gasteiger partial charge >= 0.3 is 0 Å². The maximum atomic E-state index is 5.58. The van der Waals surface area contributed by atoms with Crippen LogP contribution in [0.3, 0.4) is 0 Å². The van der Waals surface area contributed by atoms with Crippen molar-refractivity contribution in [2.75, 3.05) is 6.54 Å². The molecule has 0 heterocycles. The molecule has 0 aliphatic rings. The average Bonchev–Trinajstić information content (AvgIpc) is 2.21. The summed E-state index contributed by atoms with van der Waals surface area (Å²) in [6.07, 6.45) is 2.20. The zero-order valence-corrected chi connectivity index (χ0v) is 9.81. The van der Waals surface area contributed by atoms with Crippen LogP contribution < -0.4 is 5.73 Å². The molecule has 1 unspecified atom stereocenters. The summed E-state index contributed by atoms with van der Waals surface area (Å²) in [6, 6.07) is 8.57. The number of hydrogen-bond donors (Lipinski definition) is 1. The van der Waals surface area contributed by atoms with Gasteiger partial charge in [-0.25, -0.2) is 0 Å².